The number of ether oxygens (including phenoxy) is 1. The van der Waals surface area contributed by atoms with E-state index < -0.39 is 5.97 Å². The van der Waals surface area contributed by atoms with Gasteiger partial charge in [-0.05, 0) is 13.0 Å². The van der Waals surface area contributed by atoms with Crippen LogP contribution >= 0.6 is 11.8 Å². The lowest BCUT2D eigenvalue weighted by molar-refractivity contribution is 0.0562. The van der Waals surface area contributed by atoms with Crippen LogP contribution in [0.1, 0.15) is 28.8 Å². The van der Waals surface area contributed by atoms with Gasteiger partial charge in [0.1, 0.15) is 5.76 Å². The Hall–Kier alpha value is -0.940. The number of carbonyl (C=O) groups is 1. The second-order valence-electron chi connectivity index (χ2n) is 3.52. The quantitative estimate of drug-likeness (QED) is 0.803. The van der Waals surface area contributed by atoms with E-state index in [0.717, 1.165) is 11.3 Å². The van der Waals surface area contributed by atoms with Crippen LogP contribution in [0.15, 0.2) is 10.5 Å². The van der Waals surface area contributed by atoms with Crippen LogP contribution in [0.25, 0.3) is 0 Å². The highest BCUT2D eigenvalue weighted by molar-refractivity contribution is 7.99. The zero-order chi connectivity index (χ0) is 12.1. The molecule has 16 heavy (non-hydrogen) atoms. The average Bonchev–Trinajstić information content (AvgIpc) is 2.66. The molecule has 0 radical (unpaired) electrons. The summed E-state index contributed by atoms with van der Waals surface area (Å²) in [5.41, 5.74) is 0.777. The van der Waals surface area contributed by atoms with E-state index in [1.54, 1.807) is 18.7 Å². The Labute approximate surface area is 99.0 Å². The van der Waals surface area contributed by atoms with Crippen LogP contribution in [0.2, 0.25) is 0 Å². The number of aryl methyl sites for hydroxylation is 1. The van der Waals surface area contributed by atoms with Gasteiger partial charge in [0.05, 0.1) is 19.5 Å². The summed E-state index contributed by atoms with van der Waals surface area (Å²) in [6.45, 7) is 3.87. The number of methoxy groups -OCH3 is 1. The van der Waals surface area contributed by atoms with Crippen molar-refractivity contribution < 1.29 is 19.1 Å². The van der Waals surface area contributed by atoms with E-state index >= 15 is 0 Å². The molecule has 0 saturated heterocycles. The first-order valence-electron chi connectivity index (χ1n) is 4.98. The second-order valence-corrected chi connectivity index (χ2v) is 4.95. The Bertz CT molecular complexity index is 359. The molecule has 0 fully saturated rings. The summed E-state index contributed by atoms with van der Waals surface area (Å²) in [7, 11) is 1.33. The number of thioether (sulfide) groups is 1. The van der Waals surface area contributed by atoms with Gasteiger partial charge in [-0.15, -0.1) is 11.8 Å². The van der Waals surface area contributed by atoms with Gasteiger partial charge in [0.2, 0.25) is 5.76 Å². The third kappa shape index (κ3) is 3.28. The number of aliphatic hydroxyl groups is 1. The third-order valence-electron chi connectivity index (χ3n) is 2.11. The Kier molecular flexibility index (Phi) is 4.89. The maximum atomic E-state index is 11.3. The first-order chi connectivity index (χ1) is 7.58. The van der Waals surface area contributed by atoms with E-state index in [0.29, 0.717) is 5.75 Å². The molecule has 0 bridgehead atoms. The van der Waals surface area contributed by atoms with E-state index in [9.17, 15) is 4.79 Å². The van der Waals surface area contributed by atoms with Crippen molar-refractivity contribution in [2.24, 2.45) is 0 Å². The number of rotatable bonds is 5. The lowest BCUT2D eigenvalue weighted by Gasteiger charge is -2.04. The largest absolute Gasteiger partial charge is 0.463 e. The minimum Gasteiger partial charge on any atom is -0.463 e. The number of hydrogen-bond acceptors (Lipinski definition) is 5. The van der Waals surface area contributed by atoms with Crippen molar-refractivity contribution in [2.45, 2.75) is 24.9 Å². The van der Waals surface area contributed by atoms with Crippen molar-refractivity contribution in [3.8, 4) is 0 Å². The normalized spacial score (nSPS) is 12.5. The van der Waals surface area contributed by atoms with E-state index in [-0.39, 0.29) is 17.6 Å². The Morgan fingerprint density at radius 1 is 1.69 bits per heavy atom. The minimum absolute atomic E-state index is 0.133. The summed E-state index contributed by atoms with van der Waals surface area (Å²) in [6.07, 6.45) is 0. The summed E-state index contributed by atoms with van der Waals surface area (Å²) in [5, 5.41) is 9.03. The molecule has 1 aromatic heterocycles. The SMILES string of the molecule is COC(=O)c1oc(CS[C@H](C)CO)cc1C. The fourth-order valence-corrected chi connectivity index (χ4v) is 1.89. The topological polar surface area (TPSA) is 59.7 Å². The summed E-state index contributed by atoms with van der Waals surface area (Å²) in [5.74, 6) is 1.17. The lowest BCUT2D eigenvalue weighted by atomic mass is 10.3. The van der Waals surface area contributed by atoms with Gasteiger partial charge in [-0.25, -0.2) is 4.79 Å². The molecule has 90 valence electrons. The van der Waals surface area contributed by atoms with Crippen molar-refractivity contribution >= 4 is 17.7 Å². The van der Waals surface area contributed by atoms with Gasteiger partial charge in [0.25, 0.3) is 0 Å². The molecule has 0 spiro atoms. The smallest absolute Gasteiger partial charge is 0.374 e. The van der Waals surface area contributed by atoms with Gasteiger partial charge in [-0.2, -0.15) is 0 Å². The van der Waals surface area contributed by atoms with Crippen molar-refractivity contribution in [2.75, 3.05) is 13.7 Å². The molecule has 5 heteroatoms. The molecular weight excluding hydrogens is 228 g/mol. The van der Waals surface area contributed by atoms with Crippen molar-refractivity contribution in [1.82, 2.24) is 0 Å². The highest BCUT2D eigenvalue weighted by Gasteiger charge is 2.16. The molecule has 4 nitrogen and oxygen atoms in total. The number of furan rings is 1. The molecule has 0 saturated carbocycles. The zero-order valence-corrected chi connectivity index (χ0v) is 10.5. The highest BCUT2D eigenvalue weighted by Crippen LogP contribution is 2.22. The Balaban J connectivity index is 2.66. The number of aliphatic hydroxyl groups excluding tert-OH is 1. The van der Waals surface area contributed by atoms with Gasteiger partial charge < -0.3 is 14.3 Å². The van der Waals surface area contributed by atoms with Crippen LogP contribution in [-0.2, 0) is 10.5 Å². The van der Waals surface area contributed by atoms with Gasteiger partial charge in [-0.1, -0.05) is 6.92 Å². The molecule has 0 aliphatic rings. The molecule has 0 aliphatic carbocycles. The van der Waals surface area contributed by atoms with Crippen LogP contribution in [-0.4, -0.2) is 30.0 Å². The van der Waals surface area contributed by atoms with Gasteiger partial charge in [0, 0.05) is 10.8 Å². The highest BCUT2D eigenvalue weighted by atomic mass is 32.2. The molecule has 1 N–H and O–H groups in total. The van der Waals surface area contributed by atoms with Crippen LogP contribution < -0.4 is 0 Å². The third-order valence-corrected chi connectivity index (χ3v) is 3.28. The van der Waals surface area contributed by atoms with Crippen LogP contribution in [0.3, 0.4) is 0 Å². The standard InChI is InChI=1S/C11H16O4S/c1-7-4-9(6-16-8(2)5-12)15-10(7)11(13)14-3/h4,8,12H,5-6H2,1-3H3/t8-/m1/s1. The molecule has 0 unspecified atom stereocenters. The lowest BCUT2D eigenvalue weighted by Crippen LogP contribution is -2.02. The van der Waals surface area contributed by atoms with Crippen molar-refractivity contribution in [3.05, 3.63) is 23.2 Å². The minimum atomic E-state index is -0.455. The molecule has 1 atom stereocenters. The summed E-state index contributed by atoms with van der Waals surface area (Å²) in [6, 6.07) is 1.82. The molecule has 0 aromatic carbocycles. The van der Waals surface area contributed by atoms with Crippen molar-refractivity contribution in [3.63, 3.8) is 0 Å². The molecule has 1 aromatic rings. The molecule has 0 aliphatic heterocycles. The van der Waals surface area contributed by atoms with E-state index in [1.807, 2.05) is 13.0 Å². The second kappa shape index (κ2) is 5.96. The van der Waals surface area contributed by atoms with Gasteiger partial charge in [-0.3, -0.25) is 0 Å². The van der Waals surface area contributed by atoms with Gasteiger partial charge >= 0.3 is 5.97 Å². The van der Waals surface area contributed by atoms with E-state index in [4.69, 9.17) is 9.52 Å². The molecule has 0 amide bonds. The predicted molar refractivity (Wildman–Crippen MR) is 62.6 cm³/mol. The Morgan fingerprint density at radius 3 is 2.94 bits per heavy atom. The van der Waals surface area contributed by atoms with E-state index in [2.05, 4.69) is 4.74 Å². The van der Waals surface area contributed by atoms with Crippen LogP contribution in [0.4, 0.5) is 0 Å². The molecule has 1 heterocycles. The number of hydrogen-bond donors (Lipinski definition) is 1. The van der Waals surface area contributed by atoms with E-state index in [1.165, 1.54) is 7.11 Å². The van der Waals surface area contributed by atoms with Crippen molar-refractivity contribution in [1.29, 1.82) is 0 Å². The van der Waals surface area contributed by atoms with Crippen LogP contribution in [0.5, 0.6) is 0 Å². The fourth-order valence-electron chi connectivity index (χ4n) is 1.19. The number of carbonyl (C=O) groups excluding carboxylic acids is 1. The Morgan fingerprint density at radius 2 is 2.38 bits per heavy atom. The molecule has 1 rings (SSSR count). The predicted octanol–water partition coefficient (Wildman–Crippen LogP) is 1.99. The summed E-state index contributed by atoms with van der Waals surface area (Å²) < 4.78 is 9.98. The zero-order valence-electron chi connectivity index (χ0n) is 9.65. The van der Waals surface area contributed by atoms with Crippen LogP contribution in [0, 0.1) is 6.92 Å². The molecular formula is C11H16O4S. The fraction of sp³-hybridized carbons (Fsp3) is 0.545. The first kappa shape index (κ1) is 13.1. The summed E-state index contributed by atoms with van der Waals surface area (Å²) in [4.78, 5) is 11.3. The van der Waals surface area contributed by atoms with Gasteiger partial charge in [0.15, 0.2) is 0 Å². The monoisotopic (exact) mass is 244 g/mol. The maximum Gasteiger partial charge on any atom is 0.374 e. The maximum absolute atomic E-state index is 11.3. The summed E-state index contributed by atoms with van der Waals surface area (Å²) >= 11 is 1.57. The number of esters is 1. The average molecular weight is 244 g/mol. The first-order valence-corrected chi connectivity index (χ1v) is 6.03.